The lowest BCUT2D eigenvalue weighted by atomic mass is 10.1. The van der Waals surface area contributed by atoms with Crippen LogP contribution in [0.4, 0.5) is 5.82 Å². The van der Waals surface area contributed by atoms with E-state index in [-0.39, 0.29) is 5.69 Å². The molecule has 1 saturated carbocycles. The van der Waals surface area contributed by atoms with Gasteiger partial charge in [0.25, 0.3) is 0 Å². The number of H-pyrrole nitrogens is 3. The summed E-state index contributed by atoms with van der Waals surface area (Å²) in [6.07, 6.45) is 2.44. The molecule has 0 atom stereocenters. The van der Waals surface area contributed by atoms with Crippen molar-refractivity contribution in [1.82, 2.24) is 20.2 Å². The number of aromatic nitrogens is 4. The van der Waals surface area contributed by atoms with E-state index >= 15 is 0 Å². The van der Waals surface area contributed by atoms with E-state index in [0.717, 1.165) is 28.1 Å². The van der Waals surface area contributed by atoms with E-state index in [1.54, 1.807) is 0 Å². The van der Waals surface area contributed by atoms with Crippen molar-refractivity contribution in [2.24, 2.45) is 0 Å². The second-order valence-electron chi connectivity index (χ2n) is 4.92. The molecular formula is C13H13N5O. The number of anilines is 1. The maximum Gasteiger partial charge on any atom is 0.323 e. The van der Waals surface area contributed by atoms with Crippen LogP contribution < -0.4 is 11.0 Å². The van der Waals surface area contributed by atoms with E-state index < -0.39 is 0 Å². The number of nitrogens with zero attached hydrogens (tertiary/aromatic N) is 1. The zero-order valence-electron chi connectivity index (χ0n) is 10.2. The average Bonchev–Trinajstić information content (AvgIpc) is 2.94. The van der Waals surface area contributed by atoms with E-state index in [1.165, 1.54) is 12.8 Å². The summed E-state index contributed by atoms with van der Waals surface area (Å²) in [5, 5.41) is 10.6. The summed E-state index contributed by atoms with van der Waals surface area (Å²) in [5.41, 5.74) is 3.36. The van der Waals surface area contributed by atoms with Gasteiger partial charge in [-0.25, -0.2) is 4.79 Å². The van der Waals surface area contributed by atoms with Gasteiger partial charge in [-0.2, -0.15) is 5.10 Å². The molecule has 96 valence electrons. The standard InChI is InChI=1S/C13H13N5O/c19-13-15-9-4-1-7(5-11(9)16-13)10-6-12(18-17-10)14-8-2-3-8/h1,4-6,8H,2-3H2,(H2,14,17,18)(H2,15,16,19). The minimum Gasteiger partial charge on any atom is -0.366 e. The van der Waals surface area contributed by atoms with Crippen molar-refractivity contribution in [2.75, 3.05) is 5.32 Å². The van der Waals surface area contributed by atoms with Crippen molar-refractivity contribution >= 4 is 16.9 Å². The van der Waals surface area contributed by atoms with Crippen molar-refractivity contribution in [3.8, 4) is 11.3 Å². The van der Waals surface area contributed by atoms with Crippen molar-refractivity contribution in [3.05, 3.63) is 34.7 Å². The van der Waals surface area contributed by atoms with Gasteiger partial charge in [-0.3, -0.25) is 5.10 Å². The number of rotatable bonds is 3. The van der Waals surface area contributed by atoms with E-state index in [9.17, 15) is 4.79 Å². The van der Waals surface area contributed by atoms with Crippen LogP contribution >= 0.6 is 0 Å². The fourth-order valence-corrected chi connectivity index (χ4v) is 2.18. The molecular weight excluding hydrogens is 242 g/mol. The predicted molar refractivity (Wildman–Crippen MR) is 73.1 cm³/mol. The number of hydrogen-bond acceptors (Lipinski definition) is 3. The van der Waals surface area contributed by atoms with Gasteiger partial charge < -0.3 is 15.3 Å². The quantitative estimate of drug-likeness (QED) is 0.575. The molecule has 0 amide bonds. The van der Waals surface area contributed by atoms with Gasteiger partial charge in [0, 0.05) is 17.7 Å². The minimum absolute atomic E-state index is 0.187. The molecule has 3 aromatic rings. The highest BCUT2D eigenvalue weighted by Crippen LogP contribution is 2.26. The van der Waals surface area contributed by atoms with Gasteiger partial charge >= 0.3 is 5.69 Å². The van der Waals surface area contributed by atoms with Crippen LogP contribution in [0.2, 0.25) is 0 Å². The molecule has 1 aromatic carbocycles. The second kappa shape index (κ2) is 3.74. The molecule has 19 heavy (non-hydrogen) atoms. The fourth-order valence-electron chi connectivity index (χ4n) is 2.18. The molecule has 1 fully saturated rings. The largest absolute Gasteiger partial charge is 0.366 e. The molecule has 2 heterocycles. The highest BCUT2D eigenvalue weighted by atomic mass is 16.1. The smallest absolute Gasteiger partial charge is 0.323 e. The van der Waals surface area contributed by atoms with Gasteiger partial charge in [0.2, 0.25) is 0 Å². The molecule has 4 N–H and O–H groups in total. The van der Waals surface area contributed by atoms with E-state index in [2.05, 4.69) is 25.5 Å². The Morgan fingerprint density at radius 1 is 1.16 bits per heavy atom. The molecule has 0 spiro atoms. The SMILES string of the molecule is O=c1[nH]c2ccc(-c3cc(NC4CC4)n[nH]3)cc2[nH]1. The van der Waals surface area contributed by atoms with Crippen LogP contribution in [0.5, 0.6) is 0 Å². The van der Waals surface area contributed by atoms with Crippen LogP contribution in [0.15, 0.2) is 29.1 Å². The van der Waals surface area contributed by atoms with Crippen molar-refractivity contribution < 1.29 is 0 Å². The van der Waals surface area contributed by atoms with Gasteiger partial charge in [0.05, 0.1) is 16.7 Å². The summed E-state index contributed by atoms with van der Waals surface area (Å²) in [7, 11) is 0. The highest BCUT2D eigenvalue weighted by molar-refractivity contribution is 5.81. The molecule has 0 aliphatic heterocycles. The number of imidazole rings is 1. The third-order valence-corrected chi connectivity index (χ3v) is 3.33. The van der Waals surface area contributed by atoms with Crippen molar-refractivity contribution in [1.29, 1.82) is 0 Å². The van der Waals surface area contributed by atoms with Crippen LogP contribution in [-0.2, 0) is 0 Å². The Kier molecular flexibility index (Phi) is 2.05. The first-order chi connectivity index (χ1) is 9.28. The van der Waals surface area contributed by atoms with Crippen molar-refractivity contribution in [2.45, 2.75) is 18.9 Å². The molecule has 4 rings (SSSR count). The first-order valence-electron chi connectivity index (χ1n) is 6.32. The molecule has 2 aromatic heterocycles. The van der Waals surface area contributed by atoms with Gasteiger partial charge in [-0.05, 0) is 25.0 Å². The lowest BCUT2D eigenvalue weighted by Crippen LogP contribution is -2.00. The molecule has 0 saturated heterocycles. The summed E-state index contributed by atoms with van der Waals surface area (Å²) in [6.45, 7) is 0. The van der Waals surface area contributed by atoms with Crippen molar-refractivity contribution in [3.63, 3.8) is 0 Å². The summed E-state index contributed by atoms with van der Waals surface area (Å²) in [5.74, 6) is 0.875. The Labute approximate surface area is 108 Å². The number of fused-ring (bicyclic) bond motifs is 1. The van der Waals surface area contributed by atoms with E-state index in [1.807, 2.05) is 24.3 Å². The van der Waals surface area contributed by atoms with Gasteiger partial charge in [0.1, 0.15) is 5.82 Å². The van der Waals surface area contributed by atoms with Crippen LogP contribution in [0.3, 0.4) is 0 Å². The Hall–Kier alpha value is -2.50. The average molecular weight is 255 g/mol. The maximum atomic E-state index is 11.2. The van der Waals surface area contributed by atoms with Crippen LogP contribution in [0.1, 0.15) is 12.8 Å². The molecule has 0 bridgehead atoms. The predicted octanol–water partition coefficient (Wildman–Crippen LogP) is 1.82. The molecule has 1 aliphatic carbocycles. The zero-order valence-corrected chi connectivity index (χ0v) is 10.2. The van der Waals surface area contributed by atoms with E-state index in [4.69, 9.17) is 0 Å². The summed E-state index contributed by atoms with van der Waals surface area (Å²) in [4.78, 5) is 16.7. The van der Waals surface area contributed by atoms with Crippen LogP contribution in [0, 0.1) is 0 Å². The Morgan fingerprint density at radius 3 is 2.84 bits per heavy atom. The topological polar surface area (TPSA) is 89.4 Å². The lowest BCUT2D eigenvalue weighted by molar-refractivity contribution is 1.05. The van der Waals surface area contributed by atoms with Crippen LogP contribution in [-0.4, -0.2) is 26.2 Å². The number of nitrogens with one attached hydrogen (secondary N) is 4. The normalized spacial score (nSPS) is 14.9. The van der Waals surface area contributed by atoms with Gasteiger partial charge in [-0.1, -0.05) is 6.07 Å². The zero-order chi connectivity index (χ0) is 12.8. The minimum atomic E-state index is -0.187. The number of hydrogen-bond donors (Lipinski definition) is 4. The third-order valence-electron chi connectivity index (χ3n) is 3.33. The first-order valence-corrected chi connectivity index (χ1v) is 6.32. The molecule has 0 unspecified atom stereocenters. The summed E-state index contributed by atoms with van der Waals surface area (Å²) < 4.78 is 0. The molecule has 6 nitrogen and oxygen atoms in total. The number of aromatic amines is 3. The Morgan fingerprint density at radius 2 is 2.00 bits per heavy atom. The van der Waals surface area contributed by atoms with Crippen LogP contribution in [0.25, 0.3) is 22.3 Å². The molecule has 0 radical (unpaired) electrons. The highest BCUT2D eigenvalue weighted by Gasteiger charge is 2.21. The monoisotopic (exact) mass is 255 g/mol. The van der Waals surface area contributed by atoms with Gasteiger partial charge in [-0.15, -0.1) is 0 Å². The summed E-state index contributed by atoms with van der Waals surface area (Å²) >= 11 is 0. The second-order valence-corrected chi connectivity index (χ2v) is 4.92. The maximum absolute atomic E-state index is 11.2. The third kappa shape index (κ3) is 1.91. The Balaban J connectivity index is 1.71. The molecule has 1 aliphatic rings. The molecule has 6 heteroatoms. The van der Waals surface area contributed by atoms with Gasteiger partial charge in [0.15, 0.2) is 0 Å². The lowest BCUT2D eigenvalue weighted by Gasteiger charge is -1.97. The van der Waals surface area contributed by atoms with E-state index in [0.29, 0.717) is 6.04 Å². The summed E-state index contributed by atoms with van der Waals surface area (Å²) in [6, 6.07) is 8.35. The number of benzene rings is 1. The fraction of sp³-hybridized carbons (Fsp3) is 0.231. The Bertz CT molecular complexity index is 793. The first kappa shape index (κ1) is 10.4.